The zero-order valence-corrected chi connectivity index (χ0v) is 21.8. The number of furan rings is 1. The molecule has 0 saturated carbocycles. The number of thioether (sulfide) groups is 1. The Bertz CT molecular complexity index is 747. The normalized spacial score (nSPS) is 15.6. The number of nitrogens with zero attached hydrogens (tertiary/aromatic N) is 5. The molecular weight excluding hydrogens is 525 g/mol. The van der Waals surface area contributed by atoms with Crippen molar-refractivity contribution in [3.63, 3.8) is 0 Å². The minimum absolute atomic E-state index is 0. The van der Waals surface area contributed by atoms with Crippen LogP contribution >= 0.6 is 35.7 Å². The minimum atomic E-state index is 0. The Balaban J connectivity index is 0.00000341. The second-order valence-corrected chi connectivity index (χ2v) is 8.44. The number of aromatic nitrogens is 3. The summed E-state index contributed by atoms with van der Waals surface area (Å²) in [6, 6.07) is 4.22. The SMILES string of the molecule is CCc1nncn1CCNC(=NCC(c1ccco1)N1CCCC1)NCCCSC.I. The summed E-state index contributed by atoms with van der Waals surface area (Å²) >= 11 is 1.87. The topological polar surface area (TPSA) is 83.5 Å². The fourth-order valence-corrected chi connectivity index (χ4v) is 4.16. The van der Waals surface area contributed by atoms with E-state index in [1.54, 1.807) is 12.6 Å². The van der Waals surface area contributed by atoms with Gasteiger partial charge in [0.1, 0.15) is 17.9 Å². The van der Waals surface area contributed by atoms with Gasteiger partial charge in [-0.2, -0.15) is 11.8 Å². The number of aliphatic imine (C=N–C) groups is 1. The molecular formula is C21H36IN7OS. The average Bonchev–Trinajstić information content (AvgIpc) is 3.54. The third-order valence-corrected chi connectivity index (χ3v) is 6.05. The number of nitrogens with one attached hydrogen (secondary N) is 2. The molecule has 0 aliphatic carbocycles. The first-order chi connectivity index (χ1) is 14.8. The van der Waals surface area contributed by atoms with E-state index in [4.69, 9.17) is 9.41 Å². The van der Waals surface area contributed by atoms with Crippen LogP contribution in [0.5, 0.6) is 0 Å². The Labute approximate surface area is 207 Å². The highest BCUT2D eigenvalue weighted by Crippen LogP contribution is 2.25. The molecule has 0 radical (unpaired) electrons. The van der Waals surface area contributed by atoms with E-state index < -0.39 is 0 Å². The number of guanidine groups is 1. The number of aryl methyl sites for hydroxylation is 1. The summed E-state index contributed by atoms with van der Waals surface area (Å²) in [5.74, 6) is 4.01. The maximum Gasteiger partial charge on any atom is 0.191 e. The van der Waals surface area contributed by atoms with Crippen LogP contribution < -0.4 is 10.6 Å². The van der Waals surface area contributed by atoms with Gasteiger partial charge < -0.3 is 19.6 Å². The molecule has 2 aromatic heterocycles. The van der Waals surface area contributed by atoms with Crippen molar-refractivity contribution in [2.75, 3.05) is 44.7 Å². The zero-order valence-electron chi connectivity index (χ0n) is 18.6. The van der Waals surface area contributed by atoms with Crippen molar-refractivity contribution in [2.24, 2.45) is 4.99 Å². The third-order valence-electron chi connectivity index (χ3n) is 5.35. The summed E-state index contributed by atoms with van der Waals surface area (Å²) in [6.45, 7) is 7.49. The van der Waals surface area contributed by atoms with Gasteiger partial charge in [-0.25, -0.2) is 0 Å². The van der Waals surface area contributed by atoms with E-state index in [1.807, 2.05) is 17.8 Å². The molecule has 174 valence electrons. The van der Waals surface area contributed by atoms with Crippen molar-refractivity contribution in [3.05, 3.63) is 36.3 Å². The summed E-state index contributed by atoms with van der Waals surface area (Å²) in [5, 5.41) is 15.1. The quantitative estimate of drug-likeness (QED) is 0.178. The van der Waals surface area contributed by atoms with Crippen LogP contribution in [0.4, 0.5) is 0 Å². The molecule has 10 heteroatoms. The lowest BCUT2D eigenvalue weighted by atomic mass is 10.2. The molecule has 8 nitrogen and oxygen atoms in total. The Morgan fingerprint density at radius 3 is 2.81 bits per heavy atom. The lowest BCUT2D eigenvalue weighted by molar-refractivity contribution is 0.221. The van der Waals surface area contributed by atoms with Gasteiger partial charge in [0.2, 0.25) is 0 Å². The van der Waals surface area contributed by atoms with Gasteiger partial charge in [-0.05, 0) is 56.5 Å². The summed E-state index contributed by atoms with van der Waals surface area (Å²) in [5.41, 5.74) is 0. The Morgan fingerprint density at radius 1 is 1.29 bits per heavy atom. The van der Waals surface area contributed by atoms with Crippen LogP contribution in [0.15, 0.2) is 34.1 Å². The van der Waals surface area contributed by atoms with Gasteiger partial charge in [0, 0.05) is 26.1 Å². The Hall–Kier alpha value is -1.27. The monoisotopic (exact) mass is 561 g/mol. The van der Waals surface area contributed by atoms with E-state index >= 15 is 0 Å². The number of likely N-dealkylation sites (tertiary alicyclic amines) is 1. The summed E-state index contributed by atoms with van der Waals surface area (Å²) in [6.07, 6.45) is 10.2. The first-order valence-electron chi connectivity index (χ1n) is 11.0. The Kier molecular flexibility index (Phi) is 12.3. The highest BCUT2D eigenvalue weighted by molar-refractivity contribution is 14.0. The number of hydrogen-bond acceptors (Lipinski definition) is 6. The summed E-state index contributed by atoms with van der Waals surface area (Å²) < 4.78 is 7.83. The molecule has 1 aliphatic heterocycles. The predicted molar refractivity (Wildman–Crippen MR) is 138 cm³/mol. The first-order valence-corrected chi connectivity index (χ1v) is 12.4. The molecule has 2 aromatic rings. The number of rotatable bonds is 12. The fourth-order valence-electron chi connectivity index (χ4n) is 3.73. The van der Waals surface area contributed by atoms with Crippen molar-refractivity contribution in [1.82, 2.24) is 30.3 Å². The second-order valence-electron chi connectivity index (χ2n) is 7.46. The van der Waals surface area contributed by atoms with Crippen molar-refractivity contribution >= 4 is 41.7 Å². The maximum absolute atomic E-state index is 5.74. The third kappa shape index (κ3) is 8.30. The molecule has 0 amide bonds. The molecule has 2 N–H and O–H groups in total. The molecule has 0 aromatic carbocycles. The largest absolute Gasteiger partial charge is 0.468 e. The molecule has 0 spiro atoms. The smallest absolute Gasteiger partial charge is 0.191 e. The maximum atomic E-state index is 5.74. The molecule has 1 atom stereocenters. The molecule has 31 heavy (non-hydrogen) atoms. The van der Waals surface area contributed by atoms with Crippen LogP contribution in [0.2, 0.25) is 0 Å². The van der Waals surface area contributed by atoms with Gasteiger partial charge in [-0.1, -0.05) is 6.92 Å². The van der Waals surface area contributed by atoms with E-state index in [0.717, 1.165) is 68.9 Å². The van der Waals surface area contributed by atoms with Crippen LogP contribution in [0, 0.1) is 0 Å². The average molecular weight is 562 g/mol. The molecule has 3 rings (SSSR count). The predicted octanol–water partition coefficient (Wildman–Crippen LogP) is 3.18. The van der Waals surface area contributed by atoms with Gasteiger partial charge in [0.15, 0.2) is 5.96 Å². The van der Waals surface area contributed by atoms with E-state index in [9.17, 15) is 0 Å². The highest BCUT2D eigenvalue weighted by atomic mass is 127. The molecule has 0 bridgehead atoms. The van der Waals surface area contributed by atoms with Gasteiger partial charge in [0.25, 0.3) is 0 Å². The van der Waals surface area contributed by atoms with Crippen LogP contribution in [-0.2, 0) is 13.0 Å². The van der Waals surface area contributed by atoms with Crippen molar-refractivity contribution < 1.29 is 4.42 Å². The van der Waals surface area contributed by atoms with Gasteiger partial charge in [-0.3, -0.25) is 9.89 Å². The van der Waals surface area contributed by atoms with Crippen LogP contribution in [-0.4, -0.2) is 70.4 Å². The lowest BCUT2D eigenvalue weighted by Crippen LogP contribution is -2.40. The lowest BCUT2D eigenvalue weighted by Gasteiger charge is -2.24. The fraction of sp³-hybridized carbons (Fsp3) is 0.667. The standard InChI is InChI=1S/C21H35N7OS.HI/c1-3-20-26-25-17-28(20)13-10-23-21(22-9-7-15-30-2)24-16-18(19-8-6-14-29-19)27-11-4-5-12-27;/h6,8,14,17-18H,3-5,7,9-13,15-16H2,1-2H3,(H2,22,23,24);1H. The van der Waals surface area contributed by atoms with E-state index in [0.29, 0.717) is 6.54 Å². The highest BCUT2D eigenvalue weighted by Gasteiger charge is 2.25. The van der Waals surface area contributed by atoms with Gasteiger partial charge >= 0.3 is 0 Å². The molecule has 3 heterocycles. The minimum Gasteiger partial charge on any atom is -0.468 e. The number of hydrogen-bond donors (Lipinski definition) is 2. The first kappa shape index (κ1) is 26.0. The van der Waals surface area contributed by atoms with E-state index in [2.05, 4.69) is 49.5 Å². The molecule has 1 fully saturated rings. The van der Waals surface area contributed by atoms with Crippen molar-refractivity contribution in [3.8, 4) is 0 Å². The van der Waals surface area contributed by atoms with E-state index in [1.165, 1.54) is 12.8 Å². The van der Waals surface area contributed by atoms with Crippen molar-refractivity contribution in [1.29, 1.82) is 0 Å². The second kappa shape index (κ2) is 14.7. The molecule has 1 aliphatic rings. The van der Waals surface area contributed by atoms with Crippen LogP contribution in [0.25, 0.3) is 0 Å². The van der Waals surface area contributed by atoms with Gasteiger partial charge in [-0.15, -0.1) is 34.2 Å². The van der Waals surface area contributed by atoms with Crippen LogP contribution in [0.3, 0.4) is 0 Å². The Morgan fingerprint density at radius 2 is 2.10 bits per heavy atom. The molecule has 1 unspecified atom stereocenters. The summed E-state index contributed by atoms with van der Waals surface area (Å²) in [7, 11) is 0. The van der Waals surface area contributed by atoms with E-state index in [-0.39, 0.29) is 30.0 Å². The van der Waals surface area contributed by atoms with Crippen molar-refractivity contribution in [2.45, 2.75) is 45.2 Å². The molecule has 1 saturated heterocycles. The zero-order chi connectivity index (χ0) is 21.0. The van der Waals surface area contributed by atoms with Gasteiger partial charge in [0.05, 0.1) is 18.8 Å². The number of halogens is 1. The van der Waals surface area contributed by atoms with Crippen LogP contribution in [0.1, 0.15) is 43.8 Å². The summed E-state index contributed by atoms with van der Waals surface area (Å²) in [4.78, 5) is 7.41.